The fraction of sp³-hybridized carbons (Fsp3) is 0.600. The Labute approximate surface area is 113 Å². The number of ether oxygens (including phenoxy) is 1. The molecule has 9 heteroatoms. The molecule has 0 aliphatic heterocycles. The van der Waals surface area contributed by atoms with Crippen molar-refractivity contribution in [1.29, 1.82) is 0 Å². The van der Waals surface area contributed by atoms with Gasteiger partial charge < -0.3 is 15.8 Å². The van der Waals surface area contributed by atoms with E-state index in [0.29, 0.717) is 6.61 Å². The third kappa shape index (κ3) is 4.41. The zero-order valence-electron chi connectivity index (χ0n) is 10.3. The molecule has 1 aromatic heterocycles. The lowest BCUT2D eigenvalue weighted by Crippen LogP contribution is -2.36. The minimum Gasteiger partial charge on any atom is -0.383 e. The van der Waals surface area contributed by atoms with Crippen LogP contribution < -0.4 is 16.6 Å². The van der Waals surface area contributed by atoms with Crippen molar-refractivity contribution in [3.8, 4) is 0 Å². The molecule has 108 valence electrons. The molecular formula is C10H15ClF2N4O2. The van der Waals surface area contributed by atoms with Crippen molar-refractivity contribution in [2.75, 3.05) is 32.1 Å². The Hall–Kier alpha value is -1.25. The van der Waals surface area contributed by atoms with Gasteiger partial charge in [-0.05, 0) is 0 Å². The minimum atomic E-state index is -3.08. The molecule has 0 atom stereocenters. The average Bonchev–Trinajstić information content (AvgIpc) is 2.39. The van der Waals surface area contributed by atoms with Crippen LogP contribution in [0, 0.1) is 0 Å². The minimum absolute atomic E-state index is 0.0495. The van der Waals surface area contributed by atoms with Crippen LogP contribution in [0.25, 0.3) is 0 Å². The van der Waals surface area contributed by atoms with E-state index in [-0.39, 0.29) is 17.3 Å². The molecule has 1 heterocycles. The number of halogens is 3. The number of alkyl halides is 2. The summed E-state index contributed by atoms with van der Waals surface area (Å²) in [6, 6.07) is 0. The Bertz CT molecular complexity index is 481. The van der Waals surface area contributed by atoms with E-state index in [1.165, 1.54) is 13.3 Å². The Morgan fingerprint density at radius 2 is 2.32 bits per heavy atom. The van der Waals surface area contributed by atoms with Gasteiger partial charge in [0.15, 0.2) is 0 Å². The summed E-state index contributed by atoms with van der Waals surface area (Å²) in [4.78, 5) is 11.8. The highest BCUT2D eigenvalue weighted by molar-refractivity contribution is 6.32. The molecule has 0 unspecified atom stereocenters. The van der Waals surface area contributed by atoms with E-state index in [9.17, 15) is 13.6 Å². The van der Waals surface area contributed by atoms with Crippen LogP contribution in [0.2, 0.25) is 5.02 Å². The molecule has 0 radical (unpaired) electrons. The number of hydrogen-bond donors (Lipinski definition) is 2. The van der Waals surface area contributed by atoms with Crippen molar-refractivity contribution in [1.82, 2.24) is 9.78 Å². The topological polar surface area (TPSA) is 82.2 Å². The molecule has 19 heavy (non-hydrogen) atoms. The van der Waals surface area contributed by atoms with Gasteiger partial charge in [-0.1, -0.05) is 11.6 Å². The lowest BCUT2D eigenvalue weighted by Gasteiger charge is -2.16. The third-order valence-corrected chi connectivity index (χ3v) is 2.69. The van der Waals surface area contributed by atoms with Gasteiger partial charge in [-0.3, -0.25) is 4.79 Å². The van der Waals surface area contributed by atoms with Gasteiger partial charge >= 0.3 is 0 Å². The second-order valence-electron chi connectivity index (χ2n) is 3.81. The van der Waals surface area contributed by atoms with Gasteiger partial charge in [0.05, 0.1) is 38.1 Å². The highest BCUT2D eigenvalue weighted by Crippen LogP contribution is 2.18. The lowest BCUT2D eigenvalue weighted by atomic mass is 10.3. The van der Waals surface area contributed by atoms with Gasteiger partial charge in [0.1, 0.15) is 5.02 Å². The van der Waals surface area contributed by atoms with Crippen LogP contribution in [-0.4, -0.2) is 42.5 Å². The fourth-order valence-electron chi connectivity index (χ4n) is 1.22. The Morgan fingerprint density at radius 3 is 2.89 bits per heavy atom. The van der Waals surface area contributed by atoms with Crippen LogP contribution >= 0.6 is 11.6 Å². The number of hydrogen-bond acceptors (Lipinski definition) is 5. The summed E-state index contributed by atoms with van der Waals surface area (Å²) in [7, 11) is 1.48. The smallest absolute Gasteiger partial charge is 0.287 e. The molecule has 1 aromatic rings. The molecule has 0 aromatic carbocycles. The Balaban J connectivity index is 2.82. The molecule has 0 aliphatic rings. The highest BCUT2D eigenvalue weighted by atomic mass is 35.5. The van der Waals surface area contributed by atoms with Crippen molar-refractivity contribution in [2.45, 2.75) is 12.5 Å². The molecule has 6 nitrogen and oxygen atoms in total. The first-order chi connectivity index (χ1) is 8.91. The van der Waals surface area contributed by atoms with E-state index in [4.69, 9.17) is 22.1 Å². The van der Waals surface area contributed by atoms with E-state index in [2.05, 4.69) is 10.4 Å². The van der Waals surface area contributed by atoms with Crippen LogP contribution in [0.15, 0.2) is 11.0 Å². The summed E-state index contributed by atoms with van der Waals surface area (Å²) in [6.07, 6.45) is 1.21. The quantitative estimate of drug-likeness (QED) is 0.768. The van der Waals surface area contributed by atoms with Crippen molar-refractivity contribution in [3.05, 3.63) is 21.6 Å². The Morgan fingerprint density at radius 1 is 1.63 bits per heavy atom. The largest absolute Gasteiger partial charge is 0.383 e. The molecular weight excluding hydrogens is 282 g/mol. The average molecular weight is 297 g/mol. The summed E-state index contributed by atoms with van der Waals surface area (Å²) < 4.78 is 31.8. The van der Waals surface area contributed by atoms with Crippen molar-refractivity contribution < 1.29 is 13.5 Å². The van der Waals surface area contributed by atoms with Gasteiger partial charge in [0, 0.05) is 7.11 Å². The summed E-state index contributed by atoms with van der Waals surface area (Å²) in [5, 5.41) is 5.97. The predicted molar refractivity (Wildman–Crippen MR) is 67.9 cm³/mol. The lowest BCUT2D eigenvalue weighted by molar-refractivity contribution is 0.0254. The van der Waals surface area contributed by atoms with E-state index >= 15 is 0 Å². The molecule has 0 saturated heterocycles. The van der Waals surface area contributed by atoms with E-state index in [1.54, 1.807) is 0 Å². The third-order valence-electron chi connectivity index (χ3n) is 2.33. The van der Waals surface area contributed by atoms with Crippen LogP contribution in [0.4, 0.5) is 14.5 Å². The van der Waals surface area contributed by atoms with Crippen molar-refractivity contribution >= 4 is 17.3 Å². The van der Waals surface area contributed by atoms with Gasteiger partial charge in [-0.25, -0.2) is 13.5 Å². The molecule has 0 fully saturated rings. The van der Waals surface area contributed by atoms with Gasteiger partial charge in [0.2, 0.25) is 0 Å². The molecule has 0 bridgehead atoms. The molecule has 1 rings (SSSR count). The van der Waals surface area contributed by atoms with Crippen molar-refractivity contribution in [3.63, 3.8) is 0 Å². The first-order valence-corrected chi connectivity index (χ1v) is 5.85. The molecule has 0 amide bonds. The number of methoxy groups -OCH3 is 1. The Kier molecular flexibility index (Phi) is 5.64. The first kappa shape index (κ1) is 15.8. The molecule has 0 aliphatic carbocycles. The second kappa shape index (κ2) is 6.78. The van der Waals surface area contributed by atoms with E-state index < -0.39 is 24.6 Å². The monoisotopic (exact) mass is 296 g/mol. The summed E-state index contributed by atoms with van der Waals surface area (Å²) in [6.45, 7) is -0.988. The van der Waals surface area contributed by atoms with Gasteiger partial charge in [0.25, 0.3) is 11.5 Å². The SMILES string of the molecule is COCCn1ncc(NCC(F)(F)CN)c(Cl)c1=O. The normalized spacial score (nSPS) is 11.6. The number of rotatable bonds is 7. The molecule has 0 saturated carbocycles. The number of nitrogens with zero attached hydrogens (tertiary/aromatic N) is 2. The van der Waals surface area contributed by atoms with Gasteiger partial charge in [-0.2, -0.15) is 5.10 Å². The summed E-state index contributed by atoms with van der Waals surface area (Å²) >= 11 is 5.80. The molecule has 0 spiro atoms. The number of nitrogens with one attached hydrogen (secondary N) is 1. The van der Waals surface area contributed by atoms with Crippen LogP contribution in [0.3, 0.4) is 0 Å². The van der Waals surface area contributed by atoms with E-state index in [0.717, 1.165) is 4.68 Å². The van der Waals surface area contributed by atoms with Crippen LogP contribution in [0.1, 0.15) is 0 Å². The summed E-state index contributed by atoms with van der Waals surface area (Å²) in [5.74, 6) is -3.08. The van der Waals surface area contributed by atoms with Crippen LogP contribution in [-0.2, 0) is 11.3 Å². The van der Waals surface area contributed by atoms with Crippen molar-refractivity contribution in [2.24, 2.45) is 5.73 Å². The van der Waals surface area contributed by atoms with Crippen LogP contribution in [0.5, 0.6) is 0 Å². The first-order valence-electron chi connectivity index (χ1n) is 5.47. The molecule has 3 N–H and O–H groups in total. The zero-order valence-corrected chi connectivity index (χ0v) is 11.1. The maximum Gasteiger partial charge on any atom is 0.287 e. The number of nitrogens with two attached hydrogens (primary N) is 1. The van der Waals surface area contributed by atoms with Gasteiger partial charge in [-0.15, -0.1) is 0 Å². The highest BCUT2D eigenvalue weighted by Gasteiger charge is 2.26. The predicted octanol–water partition coefficient (Wildman–Crippen LogP) is 0.549. The zero-order chi connectivity index (χ0) is 14.5. The second-order valence-corrected chi connectivity index (χ2v) is 4.18. The maximum absolute atomic E-state index is 13.0. The fourth-order valence-corrected chi connectivity index (χ4v) is 1.44. The standard InChI is InChI=1S/C10H15ClF2N4O2/c1-19-3-2-17-9(18)8(11)7(4-16-17)15-6-10(12,13)5-14/h4,15H,2-3,5-6,14H2,1H3. The maximum atomic E-state index is 13.0. The number of aromatic nitrogens is 2. The van der Waals surface area contributed by atoms with E-state index in [1.807, 2.05) is 0 Å². The number of anilines is 1. The summed E-state index contributed by atoms with van der Waals surface area (Å²) in [5.41, 5.74) is 4.38.